The molecule has 3 rings (SSSR count). The van der Waals surface area contributed by atoms with Gasteiger partial charge in [-0.15, -0.1) is 10.2 Å². The van der Waals surface area contributed by atoms with Crippen molar-refractivity contribution in [2.45, 2.75) is 33.2 Å². The van der Waals surface area contributed by atoms with Crippen LogP contribution in [-0.4, -0.2) is 24.8 Å². The molecule has 6 heteroatoms. The molecule has 0 fully saturated rings. The molecule has 3 heterocycles. The van der Waals surface area contributed by atoms with E-state index >= 15 is 0 Å². The molecule has 0 saturated heterocycles. The lowest BCUT2D eigenvalue weighted by Gasteiger charge is -2.11. The SMILES string of the molecule is Cc1cc(CNc2cc(C(C)C)nn3cnnc23)ccn1. The number of nitrogens with zero attached hydrogens (tertiary/aromatic N) is 5. The molecule has 21 heavy (non-hydrogen) atoms. The van der Waals surface area contributed by atoms with Crippen molar-refractivity contribution in [3.63, 3.8) is 0 Å². The Labute approximate surface area is 123 Å². The van der Waals surface area contributed by atoms with E-state index in [1.807, 2.05) is 25.3 Å². The quantitative estimate of drug-likeness (QED) is 0.796. The lowest BCUT2D eigenvalue weighted by Crippen LogP contribution is -2.06. The normalized spacial score (nSPS) is 11.2. The highest BCUT2D eigenvalue weighted by molar-refractivity contribution is 5.66. The van der Waals surface area contributed by atoms with Crippen molar-refractivity contribution < 1.29 is 0 Å². The Balaban J connectivity index is 1.90. The number of hydrogen-bond donors (Lipinski definition) is 1. The first-order valence-electron chi connectivity index (χ1n) is 7.00. The summed E-state index contributed by atoms with van der Waals surface area (Å²) in [7, 11) is 0. The minimum atomic E-state index is 0.348. The number of aromatic nitrogens is 5. The smallest absolute Gasteiger partial charge is 0.200 e. The van der Waals surface area contributed by atoms with Gasteiger partial charge >= 0.3 is 0 Å². The van der Waals surface area contributed by atoms with Crippen molar-refractivity contribution in [2.24, 2.45) is 0 Å². The van der Waals surface area contributed by atoms with Gasteiger partial charge in [0.2, 0.25) is 5.65 Å². The fourth-order valence-electron chi connectivity index (χ4n) is 2.17. The maximum Gasteiger partial charge on any atom is 0.200 e. The van der Waals surface area contributed by atoms with Gasteiger partial charge in [-0.1, -0.05) is 13.8 Å². The van der Waals surface area contributed by atoms with Gasteiger partial charge in [0, 0.05) is 18.4 Å². The number of pyridine rings is 1. The van der Waals surface area contributed by atoms with Crippen LogP contribution in [0.25, 0.3) is 5.65 Å². The van der Waals surface area contributed by atoms with Crippen LogP contribution in [0.3, 0.4) is 0 Å². The van der Waals surface area contributed by atoms with Crippen LogP contribution in [0.5, 0.6) is 0 Å². The third-order valence-electron chi connectivity index (χ3n) is 3.32. The Bertz CT molecular complexity index is 762. The summed E-state index contributed by atoms with van der Waals surface area (Å²) in [5.41, 5.74) is 4.89. The number of anilines is 1. The Kier molecular flexibility index (Phi) is 3.51. The second kappa shape index (κ2) is 5.47. The van der Waals surface area contributed by atoms with Crippen LogP contribution in [0.1, 0.15) is 36.7 Å². The molecule has 3 aromatic rings. The summed E-state index contributed by atoms with van der Waals surface area (Å²) in [6, 6.07) is 6.12. The third-order valence-corrected chi connectivity index (χ3v) is 3.32. The van der Waals surface area contributed by atoms with Crippen molar-refractivity contribution in [3.05, 3.63) is 47.7 Å². The van der Waals surface area contributed by atoms with Gasteiger partial charge in [-0.3, -0.25) is 4.98 Å². The Hall–Kier alpha value is -2.50. The summed E-state index contributed by atoms with van der Waals surface area (Å²) >= 11 is 0. The van der Waals surface area contributed by atoms with Gasteiger partial charge in [-0.2, -0.15) is 9.61 Å². The number of fused-ring (bicyclic) bond motifs is 1. The van der Waals surface area contributed by atoms with Crippen molar-refractivity contribution in [3.8, 4) is 0 Å². The van der Waals surface area contributed by atoms with Crippen LogP contribution in [0.4, 0.5) is 5.69 Å². The first-order chi connectivity index (χ1) is 10.1. The summed E-state index contributed by atoms with van der Waals surface area (Å²) in [5, 5.41) is 16.0. The molecule has 0 amide bonds. The van der Waals surface area contributed by atoms with E-state index in [-0.39, 0.29) is 0 Å². The van der Waals surface area contributed by atoms with E-state index in [9.17, 15) is 0 Å². The van der Waals surface area contributed by atoms with E-state index in [0.717, 1.165) is 22.7 Å². The molecular formula is C15H18N6. The second-order valence-corrected chi connectivity index (χ2v) is 5.40. The number of nitrogens with one attached hydrogen (secondary N) is 1. The van der Waals surface area contributed by atoms with Gasteiger partial charge in [0.1, 0.15) is 6.33 Å². The number of rotatable bonds is 4. The first kappa shape index (κ1) is 13.5. The maximum atomic E-state index is 4.51. The van der Waals surface area contributed by atoms with Gasteiger partial charge in [0.25, 0.3) is 0 Å². The molecule has 108 valence electrons. The third kappa shape index (κ3) is 2.84. The van der Waals surface area contributed by atoms with Crippen LogP contribution in [0.15, 0.2) is 30.7 Å². The van der Waals surface area contributed by atoms with Crippen LogP contribution < -0.4 is 5.32 Å². The molecule has 0 bridgehead atoms. The molecule has 0 atom stereocenters. The summed E-state index contributed by atoms with van der Waals surface area (Å²) in [5.74, 6) is 0.348. The number of aryl methyl sites for hydroxylation is 1. The van der Waals surface area contributed by atoms with Crippen molar-refractivity contribution in [1.82, 2.24) is 24.8 Å². The average Bonchev–Trinajstić information content (AvgIpc) is 2.93. The minimum Gasteiger partial charge on any atom is -0.378 e. The summed E-state index contributed by atoms with van der Waals surface area (Å²) in [6.45, 7) is 6.94. The van der Waals surface area contributed by atoms with Gasteiger partial charge in [0.15, 0.2) is 0 Å². The Morgan fingerprint density at radius 1 is 1.29 bits per heavy atom. The summed E-state index contributed by atoms with van der Waals surface area (Å²) in [6.07, 6.45) is 3.45. The van der Waals surface area contributed by atoms with Crippen LogP contribution in [0, 0.1) is 6.92 Å². The zero-order chi connectivity index (χ0) is 14.8. The molecule has 0 saturated carbocycles. The van der Waals surface area contributed by atoms with Gasteiger partial charge in [-0.05, 0) is 36.6 Å². The minimum absolute atomic E-state index is 0.348. The largest absolute Gasteiger partial charge is 0.378 e. The monoisotopic (exact) mass is 282 g/mol. The maximum absolute atomic E-state index is 4.51. The molecule has 1 N–H and O–H groups in total. The van der Waals surface area contributed by atoms with Gasteiger partial charge in [0.05, 0.1) is 11.4 Å². The van der Waals surface area contributed by atoms with E-state index in [0.29, 0.717) is 12.5 Å². The molecule has 3 aromatic heterocycles. The molecule has 0 aliphatic heterocycles. The predicted molar refractivity (Wildman–Crippen MR) is 81.2 cm³/mol. The van der Waals surface area contributed by atoms with E-state index in [4.69, 9.17) is 0 Å². The van der Waals surface area contributed by atoms with Gasteiger partial charge in [-0.25, -0.2) is 0 Å². The Morgan fingerprint density at radius 3 is 2.90 bits per heavy atom. The zero-order valence-corrected chi connectivity index (χ0v) is 12.4. The standard InChI is InChI=1S/C15H18N6/c1-10(2)13-7-14(15-19-18-9-21(15)20-13)17-8-12-4-5-16-11(3)6-12/h4-7,9-10,17H,8H2,1-3H3. The van der Waals surface area contributed by atoms with Crippen LogP contribution in [-0.2, 0) is 6.54 Å². The summed E-state index contributed by atoms with van der Waals surface area (Å²) in [4.78, 5) is 4.21. The van der Waals surface area contributed by atoms with Crippen molar-refractivity contribution in [1.29, 1.82) is 0 Å². The average molecular weight is 282 g/mol. The predicted octanol–water partition coefficient (Wildman–Crippen LogP) is 2.56. The fraction of sp³-hybridized carbons (Fsp3) is 0.333. The molecule has 0 spiro atoms. The van der Waals surface area contributed by atoms with Crippen LogP contribution in [0.2, 0.25) is 0 Å². The molecule has 6 nitrogen and oxygen atoms in total. The Morgan fingerprint density at radius 2 is 2.14 bits per heavy atom. The fourth-order valence-corrected chi connectivity index (χ4v) is 2.17. The highest BCUT2D eigenvalue weighted by atomic mass is 15.3. The number of hydrogen-bond acceptors (Lipinski definition) is 5. The molecule has 0 radical (unpaired) electrons. The lowest BCUT2D eigenvalue weighted by molar-refractivity contribution is 0.762. The van der Waals surface area contributed by atoms with Crippen molar-refractivity contribution >= 4 is 11.3 Å². The van der Waals surface area contributed by atoms with E-state index in [1.54, 1.807) is 10.8 Å². The van der Waals surface area contributed by atoms with E-state index < -0.39 is 0 Å². The topological polar surface area (TPSA) is 68.0 Å². The summed E-state index contributed by atoms with van der Waals surface area (Å²) < 4.78 is 1.72. The first-order valence-corrected chi connectivity index (χ1v) is 7.00. The van der Waals surface area contributed by atoms with E-state index in [2.05, 4.69) is 45.5 Å². The van der Waals surface area contributed by atoms with Gasteiger partial charge < -0.3 is 5.32 Å². The second-order valence-electron chi connectivity index (χ2n) is 5.40. The van der Waals surface area contributed by atoms with E-state index in [1.165, 1.54) is 5.56 Å². The highest BCUT2D eigenvalue weighted by Gasteiger charge is 2.10. The van der Waals surface area contributed by atoms with Crippen LogP contribution >= 0.6 is 0 Å². The highest BCUT2D eigenvalue weighted by Crippen LogP contribution is 2.20. The zero-order valence-electron chi connectivity index (χ0n) is 12.4. The molecular weight excluding hydrogens is 264 g/mol. The lowest BCUT2D eigenvalue weighted by atomic mass is 10.1. The molecule has 0 aromatic carbocycles. The molecule has 0 aliphatic rings. The molecule has 0 unspecified atom stereocenters. The van der Waals surface area contributed by atoms with Crippen molar-refractivity contribution in [2.75, 3.05) is 5.32 Å². The molecule has 0 aliphatic carbocycles.